The first kappa shape index (κ1) is 23.4. The van der Waals surface area contributed by atoms with E-state index in [0.717, 1.165) is 11.6 Å². The molecule has 3 aromatic rings. The molecule has 1 aliphatic rings. The molecule has 2 aromatic carbocycles. The Kier molecular flexibility index (Phi) is 6.73. The highest BCUT2D eigenvalue weighted by Crippen LogP contribution is 2.36. The third-order valence-electron chi connectivity index (χ3n) is 5.38. The number of aromatic nitrogens is 2. The standard InChI is InChI=1S/C24H22FN7O3/c1-27-22-29-13-19(14-30-22)35-23(34)32-24(8-9-24)21(33)28-12-15-2-5-18(6-3-15)31-20-7-4-17(25)10-16(20)11-26/h2-7,10,13-14,31H,8-9,12H2,1H3,(H,28,33)(H,32,34)(H,27,29,30). The molecular weight excluding hydrogens is 453 g/mol. The van der Waals surface area contributed by atoms with Crippen LogP contribution in [0.1, 0.15) is 24.0 Å². The summed E-state index contributed by atoms with van der Waals surface area (Å²) in [7, 11) is 1.67. The molecule has 4 rings (SSSR count). The number of carbonyl (C=O) groups is 2. The summed E-state index contributed by atoms with van der Waals surface area (Å²) in [5.74, 6) is -0.231. The molecule has 1 aliphatic carbocycles. The minimum atomic E-state index is -0.999. The van der Waals surface area contributed by atoms with Crippen LogP contribution in [0, 0.1) is 17.1 Å². The van der Waals surface area contributed by atoms with Crippen LogP contribution in [0.2, 0.25) is 0 Å². The van der Waals surface area contributed by atoms with E-state index in [0.29, 0.717) is 30.2 Å². The molecule has 178 valence electrons. The Hall–Kier alpha value is -4.72. The van der Waals surface area contributed by atoms with Crippen molar-refractivity contribution in [3.05, 3.63) is 71.8 Å². The normalized spacial score (nSPS) is 13.2. The number of rotatable bonds is 8. The minimum Gasteiger partial charge on any atom is -0.407 e. The highest BCUT2D eigenvalue weighted by atomic mass is 19.1. The molecule has 0 unspecified atom stereocenters. The maximum Gasteiger partial charge on any atom is 0.413 e. The first-order chi connectivity index (χ1) is 16.9. The van der Waals surface area contributed by atoms with Gasteiger partial charge in [0.1, 0.15) is 17.4 Å². The SMILES string of the molecule is CNc1ncc(OC(=O)NC2(C(=O)NCc3ccc(Nc4ccc(F)cc4C#N)cc3)CC2)cn1. The molecule has 11 heteroatoms. The van der Waals surface area contributed by atoms with E-state index in [2.05, 4.69) is 31.2 Å². The molecule has 0 atom stereocenters. The predicted octanol–water partition coefficient (Wildman–Crippen LogP) is 3.21. The number of amides is 2. The lowest BCUT2D eigenvalue weighted by atomic mass is 10.1. The highest BCUT2D eigenvalue weighted by Gasteiger charge is 2.51. The molecule has 0 radical (unpaired) electrons. The van der Waals surface area contributed by atoms with Crippen LogP contribution in [-0.4, -0.2) is 34.6 Å². The van der Waals surface area contributed by atoms with Gasteiger partial charge in [0.2, 0.25) is 11.9 Å². The summed E-state index contributed by atoms with van der Waals surface area (Å²) in [6, 6.07) is 13.1. The van der Waals surface area contributed by atoms with E-state index in [9.17, 15) is 14.0 Å². The number of ether oxygens (including phenoxy) is 1. The molecule has 0 aliphatic heterocycles. The van der Waals surface area contributed by atoms with E-state index >= 15 is 0 Å². The van der Waals surface area contributed by atoms with Crippen molar-refractivity contribution in [3.8, 4) is 11.8 Å². The van der Waals surface area contributed by atoms with E-state index in [-0.39, 0.29) is 23.8 Å². The van der Waals surface area contributed by atoms with Gasteiger partial charge in [0, 0.05) is 19.3 Å². The van der Waals surface area contributed by atoms with Crippen molar-refractivity contribution >= 4 is 29.3 Å². The van der Waals surface area contributed by atoms with Gasteiger partial charge in [0.15, 0.2) is 5.75 Å². The number of anilines is 3. The monoisotopic (exact) mass is 475 g/mol. The molecule has 1 heterocycles. The average molecular weight is 475 g/mol. The summed E-state index contributed by atoms with van der Waals surface area (Å²) in [5.41, 5.74) is 1.24. The van der Waals surface area contributed by atoms with Crippen LogP contribution in [0.3, 0.4) is 0 Å². The van der Waals surface area contributed by atoms with E-state index in [4.69, 9.17) is 10.00 Å². The number of hydrogen-bond donors (Lipinski definition) is 4. The molecule has 4 N–H and O–H groups in total. The Labute approximate surface area is 200 Å². The van der Waals surface area contributed by atoms with Crippen molar-refractivity contribution in [1.29, 1.82) is 5.26 Å². The zero-order chi connectivity index (χ0) is 24.8. The topological polar surface area (TPSA) is 141 Å². The van der Waals surface area contributed by atoms with E-state index in [1.165, 1.54) is 24.5 Å². The van der Waals surface area contributed by atoms with Crippen LogP contribution in [-0.2, 0) is 11.3 Å². The van der Waals surface area contributed by atoms with Crippen molar-refractivity contribution in [2.45, 2.75) is 24.9 Å². The van der Waals surface area contributed by atoms with Gasteiger partial charge in [-0.3, -0.25) is 4.79 Å². The molecule has 0 bridgehead atoms. The van der Waals surface area contributed by atoms with Gasteiger partial charge in [0.05, 0.1) is 23.6 Å². The van der Waals surface area contributed by atoms with Crippen LogP contribution >= 0.6 is 0 Å². The first-order valence-corrected chi connectivity index (χ1v) is 10.7. The Bertz CT molecular complexity index is 1270. The molecule has 0 saturated heterocycles. The predicted molar refractivity (Wildman–Crippen MR) is 125 cm³/mol. The molecule has 2 amide bonds. The lowest BCUT2D eigenvalue weighted by Crippen LogP contribution is -2.49. The van der Waals surface area contributed by atoms with Crippen LogP contribution in [0.5, 0.6) is 5.75 Å². The zero-order valence-corrected chi connectivity index (χ0v) is 18.8. The summed E-state index contributed by atoms with van der Waals surface area (Å²) >= 11 is 0. The first-order valence-electron chi connectivity index (χ1n) is 10.7. The van der Waals surface area contributed by atoms with Gasteiger partial charge in [-0.2, -0.15) is 5.26 Å². The van der Waals surface area contributed by atoms with Gasteiger partial charge in [-0.05, 0) is 48.7 Å². The maximum atomic E-state index is 13.3. The summed E-state index contributed by atoms with van der Waals surface area (Å²) < 4.78 is 18.5. The van der Waals surface area contributed by atoms with Crippen LogP contribution in [0.4, 0.5) is 26.5 Å². The Balaban J connectivity index is 1.28. The number of halogens is 1. The van der Waals surface area contributed by atoms with Gasteiger partial charge in [0.25, 0.3) is 0 Å². The molecule has 1 saturated carbocycles. The van der Waals surface area contributed by atoms with E-state index in [1.54, 1.807) is 19.2 Å². The van der Waals surface area contributed by atoms with Gasteiger partial charge >= 0.3 is 6.09 Å². The number of hydrogen-bond acceptors (Lipinski definition) is 8. The smallest absolute Gasteiger partial charge is 0.407 e. The second-order valence-corrected chi connectivity index (χ2v) is 7.90. The molecule has 10 nitrogen and oxygen atoms in total. The second-order valence-electron chi connectivity index (χ2n) is 7.90. The maximum absolute atomic E-state index is 13.3. The summed E-state index contributed by atoms with van der Waals surface area (Å²) in [6.07, 6.45) is 2.96. The summed E-state index contributed by atoms with van der Waals surface area (Å²) in [5, 5.41) is 20.5. The minimum absolute atomic E-state index is 0.161. The molecule has 0 spiro atoms. The van der Waals surface area contributed by atoms with Crippen LogP contribution < -0.4 is 26.0 Å². The third kappa shape index (κ3) is 5.80. The van der Waals surface area contributed by atoms with E-state index in [1.807, 2.05) is 18.2 Å². The molecule has 1 fully saturated rings. The molecule has 1 aromatic heterocycles. The highest BCUT2D eigenvalue weighted by molar-refractivity contribution is 5.93. The van der Waals surface area contributed by atoms with E-state index < -0.39 is 17.4 Å². The fraction of sp³-hybridized carbons (Fsp3) is 0.208. The number of benzene rings is 2. The van der Waals surface area contributed by atoms with Gasteiger partial charge in [-0.25, -0.2) is 19.2 Å². The zero-order valence-electron chi connectivity index (χ0n) is 18.8. The fourth-order valence-electron chi connectivity index (χ4n) is 3.29. The van der Waals surface area contributed by atoms with Gasteiger partial charge in [-0.1, -0.05) is 12.1 Å². The van der Waals surface area contributed by atoms with Crippen LogP contribution in [0.25, 0.3) is 0 Å². The number of nitrogens with one attached hydrogen (secondary N) is 4. The Morgan fingerprint density at radius 1 is 1.14 bits per heavy atom. The summed E-state index contributed by atoms with van der Waals surface area (Å²) in [4.78, 5) is 32.8. The lowest BCUT2D eigenvalue weighted by Gasteiger charge is -2.17. The molecule has 35 heavy (non-hydrogen) atoms. The van der Waals surface area contributed by atoms with Gasteiger partial charge < -0.3 is 26.0 Å². The van der Waals surface area contributed by atoms with Crippen molar-refractivity contribution in [1.82, 2.24) is 20.6 Å². The lowest BCUT2D eigenvalue weighted by molar-refractivity contribution is -0.124. The average Bonchev–Trinajstić information content (AvgIpc) is 3.65. The Morgan fingerprint density at radius 2 is 1.86 bits per heavy atom. The third-order valence-corrected chi connectivity index (χ3v) is 5.38. The second kappa shape index (κ2) is 10.0. The van der Waals surface area contributed by atoms with Crippen molar-refractivity contribution in [2.75, 3.05) is 17.7 Å². The van der Waals surface area contributed by atoms with Gasteiger partial charge in [-0.15, -0.1) is 0 Å². The summed E-state index contributed by atoms with van der Waals surface area (Å²) in [6.45, 7) is 0.261. The molecular formula is C24H22FN7O3. The van der Waals surface area contributed by atoms with Crippen LogP contribution in [0.15, 0.2) is 54.9 Å². The van der Waals surface area contributed by atoms with Crippen molar-refractivity contribution in [3.63, 3.8) is 0 Å². The number of nitrogens with zero attached hydrogens (tertiary/aromatic N) is 3. The van der Waals surface area contributed by atoms with Crippen molar-refractivity contribution in [2.24, 2.45) is 0 Å². The fourth-order valence-corrected chi connectivity index (χ4v) is 3.29. The number of nitriles is 1. The number of carbonyl (C=O) groups excluding carboxylic acids is 2. The quantitative estimate of drug-likeness (QED) is 0.389. The van der Waals surface area contributed by atoms with Crippen molar-refractivity contribution < 1.29 is 18.7 Å². The largest absolute Gasteiger partial charge is 0.413 e. The Morgan fingerprint density at radius 3 is 2.49 bits per heavy atom.